The van der Waals surface area contributed by atoms with Gasteiger partial charge in [-0.15, -0.1) is 21.5 Å². The highest BCUT2D eigenvalue weighted by Gasteiger charge is 2.23. The van der Waals surface area contributed by atoms with E-state index in [1.165, 1.54) is 23.1 Å². The van der Waals surface area contributed by atoms with E-state index in [9.17, 15) is 4.79 Å². The molecule has 9 heteroatoms. The van der Waals surface area contributed by atoms with Gasteiger partial charge in [0, 0.05) is 11.4 Å². The molecule has 0 fully saturated rings. The van der Waals surface area contributed by atoms with Gasteiger partial charge in [0.1, 0.15) is 0 Å². The molecule has 0 aromatic carbocycles. The number of thioether (sulfide) groups is 1. The first kappa shape index (κ1) is 17.7. The lowest BCUT2D eigenvalue weighted by molar-refractivity contribution is -0.115. The van der Waals surface area contributed by atoms with E-state index in [0.717, 1.165) is 5.69 Å². The average Bonchev–Trinajstić information content (AvgIpc) is 3.27. The predicted molar refractivity (Wildman–Crippen MR) is 98.9 cm³/mol. The molecule has 1 N–H and O–H groups in total. The summed E-state index contributed by atoms with van der Waals surface area (Å²) >= 11 is 2.78. The number of thiazole rings is 1. The first-order chi connectivity index (χ1) is 12.0. The standard InChI is InChI=1S/C16H19N5O2S2/c1-9(2)21-13(12-6-5-7-23-12)19-20-16(21)25-11(4)14(22)18-15-17-10(3)8-24-15/h5-9,11H,1-4H3,(H,17,18,22)/t11-/m1/s1. The topological polar surface area (TPSA) is 85.8 Å². The van der Waals surface area contributed by atoms with Crippen molar-refractivity contribution in [1.82, 2.24) is 19.7 Å². The number of anilines is 1. The van der Waals surface area contributed by atoms with Gasteiger partial charge in [0.25, 0.3) is 0 Å². The molecule has 0 aliphatic rings. The fourth-order valence-corrected chi connectivity index (χ4v) is 3.90. The van der Waals surface area contributed by atoms with Gasteiger partial charge in [0.2, 0.25) is 11.7 Å². The Kier molecular flexibility index (Phi) is 5.24. The largest absolute Gasteiger partial charge is 0.461 e. The minimum absolute atomic E-state index is 0.114. The molecule has 132 valence electrons. The Balaban J connectivity index is 1.76. The molecule has 0 aliphatic heterocycles. The van der Waals surface area contributed by atoms with E-state index in [-0.39, 0.29) is 17.2 Å². The van der Waals surface area contributed by atoms with Crippen LogP contribution in [0.25, 0.3) is 11.6 Å². The number of nitrogens with one attached hydrogen (secondary N) is 1. The van der Waals surface area contributed by atoms with Crippen LogP contribution in [0.15, 0.2) is 33.3 Å². The van der Waals surface area contributed by atoms with E-state index in [1.807, 2.05) is 49.8 Å². The Morgan fingerprint density at radius 2 is 2.16 bits per heavy atom. The third-order valence-electron chi connectivity index (χ3n) is 3.42. The number of carbonyl (C=O) groups excluding carboxylic acids is 1. The van der Waals surface area contributed by atoms with Crippen molar-refractivity contribution in [2.75, 3.05) is 5.32 Å². The summed E-state index contributed by atoms with van der Waals surface area (Å²) in [5.74, 6) is 1.20. The zero-order valence-electron chi connectivity index (χ0n) is 14.4. The van der Waals surface area contributed by atoms with Crippen molar-refractivity contribution in [2.24, 2.45) is 0 Å². The molecule has 0 unspecified atom stereocenters. The predicted octanol–water partition coefficient (Wildman–Crippen LogP) is 4.00. The highest BCUT2D eigenvalue weighted by Crippen LogP contribution is 2.30. The molecule has 0 saturated heterocycles. The normalized spacial score (nSPS) is 12.5. The number of amides is 1. The van der Waals surface area contributed by atoms with E-state index in [4.69, 9.17) is 4.42 Å². The number of aryl methyl sites for hydroxylation is 1. The van der Waals surface area contributed by atoms with Crippen molar-refractivity contribution in [2.45, 2.75) is 44.1 Å². The van der Waals surface area contributed by atoms with Crippen molar-refractivity contribution >= 4 is 34.1 Å². The molecule has 1 amide bonds. The molecule has 0 saturated carbocycles. The molecule has 0 aliphatic carbocycles. The molecule has 0 bridgehead atoms. The third kappa shape index (κ3) is 3.93. The van der Waals surface area contributed by atoms with Crippen LogP contribution in [0, 0.1) is 6.92 Å². The van der Waals surface area contributed by atoms with Crippen LogP contribution in [0.5, 0.6) is 0 Å². The maximum atomic E-state index is 12.4. The third-order valence-corrected chi connectivity index (χ3v) is 5.36. The van der Waals surface area contributed by atoms with Crippen LogP contribution < -0.4 is 5.32 Å². The van der Waals surface area contributed by atoms with E-state index in [1.54, 1.807) is 6.26 Å². The molecule has 3 aromatic rings. The Hall–Kier alpha value is -2.13. The van der Waals surface area contributed by atoms with Crippen LogP contribution in [-0.4, -0.2) is 30.9 Å². The van der Waals surface area contributed by atoms with Crippen molar-refractivity contribution < 1.29 is 9.21 Å². The SMILES string of the molecule is Cc1csc(NC(=O)[C@@H](C)Sc2nnc(-c3ccco3)n2C(C)C)n1. The molecule has 0 spiro atoms. The maximum absolute atomic E-state index is 12.4. The number of furan rings is 1. The Bertz CT molecular complexity index is 854. The maximum Gasteiger partial charge on any atom is 0.239 e. The summed E-state index contributed by atoms with van der Waals surface area (Å²) < 4.78 is 7.41. The van der Waals surface area contributed by atoms with E-state index in [2.05, 4.69) is 20.5 Å². The first-order valence-electron chi connectivity index (χ1n) is 7.84. The lowest BCUT2D eigenvalue weighted by Gasteiger charge is -2.15. The molecule has 3 rings (SSSR count). The summed E-state index contributed by atoms with van der Waals surface area (Å²) in [4.78, 5) is 16.7. The highest BCUT2D eigenvalue weighted by atomic mass is 32.2. The second-order valence-corrected chi connectivity index (χ2v) is 7.96. The summed E-state index contributed by atoms with van der Waals surface area (Å²) in [7, 11) is 0. The molecule has 25 heavy (non-hydrogen) atoms. The smallest absolute Gasteiger partial charge is 0.239 e. The summed E-state index contributed by atoms with van der Waals surface area (Å²) in [6.07, 6.45) is 1.60. The van der Waals surface area contributed by atoms with Gasteiger partial charge in [0.15, 0.2) is 16.0 Å². The second kappa shape index (κ2) is 7.40. The van der Waals surface area contributed by atoms with Crippen molar-refractivity contribution in [3.63, 3.8) is 0 Å². The summed E-state index contributed by atoms with van der Waals surface area (Å²) in [6.45, 7) is 7.82. The van der Waals surface area contributed by atoms with Gasteiger partial charge >= 0.3 is 0 Å². The second-order valence-electron chi connectivity index (χ2n) is 5.79. The number of hydrogen-bond acceptors (Lipinski definition) is 7. The molecule has 1 atom stereocenters. The first-order valence-corrected chi connectivity index (χ1v) is 9.60. The number of nitrogens with zero attached hydrogens (tertiary/aromatic N) is 4. The van der Waals surface area contributed by atoms with Gasteiger partial charge in [-0.2, -0.15) is 0 Å². The van der Waals surface area contributed by atoms with Gasteiger partial charge in [-0.25, -0.2) is 4.98 Å². The average molecular weight is 377 g/mol. The van der Waals surface area contributed by atoms with Crippen LogP contribution in [0.4, 0.5) is 5.13 Å². The lowest BCUT2D eigenvalue weighted by atomic mass is 10.3. The van der Waals surface area contributed by atoms with Gasteiger partial charge in [0.05, 0.1) is 17.2 Å². The highest BCUT2D eigenvalue weighted by molar-refractivity contribution is 8.00. The minimum atomic E-state index is -0.338. The Morgan fingerprint density at radius 3 is 2.76 bits per heavy atom. The van der Waals surface area contributed by atoms with Crippen LogP contribution in [0.2, 0.25) is 0 Å². The minimum Gasteiger partial charge on any atom is -0.461 e. The van der Waals surface area contributed by atoms with Crippen molar-refractivity contribution in [1.29, 1.82) is 0 Å². The van der Waals surface area contributed by atoms with Crippen molar-refractivity contribution in [3.05, 3.63) is 29.5 Å². The fraction of sp³-hybridized carbons (Fsp3) is 0.375. The zero-order chi connectivity index (χ0) is 18.0. The molecular formula is C16H19N5O2S2. The molecule has 3 aromatic heterocycles. The van der Waals surface area contributed by atoms with Gasteiger partial charge in [-0.1, -0.05) is 11.8 Å². The molecular weight excluding hydrogens is 358 g/mol. The van der Waals surface area contributed by atoms with Gasteiger partial charge < -0.3 is 9.73 Å². The van der Waals surface area contributed by atoms with Crippen LogP contribution in [-0.2, 0) is 4.79 Å². The Labute approximate surface area is 153 Å². The number of rotatable bonds is 6. The van der Waals surface area contributed by atoms with Gasteiger partial charge in [-0.05, 0) is 39.8 Å². The summed E-state index contributed by atoms with van der Waals surface area (Å²) in [5, 5.41) is 14.2. The quantitative estimate of drug-likeness (QED) is 0.653. The zero-order valence-corrected chi connectivity index (χ0v) is 16.0. The number of carbonyl (C=O) groups is 1. The molecule has 3 heterocycles. The lowest BCUT2D eigenvalue weighted by Crippen LogP contribution is -2.23. The van der Waals surface area contributed by atoms with Crippen LogP contribution >= 0.6 is 23.1 Å². The van der Waals surface area contributed by atoms with Crippen LogP contribution in [0.3, 0.4) is 0 Å². The van der Waals surface area contributed by atoms with E-state index >= 15 is 0 Å². The Morgan fingerprint density at radius 1 is 1.36 bits per heavy atom. The fourth-order valence-electron chi connectivity index (χ4n) is 2.23. The van der Waals surface area contributed by atoms with Gasteiger partial charge in [-0.3, -0.25) is 9.36 Å². The molecule has 0 radical (unpaired) electrons. The van der Waals surface area contributed by atoms with E-state index in [0.29, 0.717) is 21.9 Å². The monoisotopic (exact) mass is 377 g/mol. The number of aromatic nitrogens is 4. The number of hydrogen-bond donors (Lipinski definition) is 1. The summed E-state index contributed by atoms with van der Waals surface area (Å²) in [6, 6.07) is 3.79. The summed E-state index contributed by atoms with van der Waals surface area (Å²) in [5.41, 5.74) is 0.892. The van der Waals surface area contributed by atoms with Crippen molar-refractivity contribution in [3.8, 4) is 11.6 Å². The molecule has 7 nitrogen and oxygen atoms in total. The van der Waals surface area contributed by atoms with Crippen LogP contribution in [0.1, 0.15) is 32.5 Å². The van der Waals surface area contributed by atoms with E-state index < -0.39 is 0 Å².